The van der Waals surface area contributed by atoms with E-state index in [1.807, 2.05) is 44.2 Å². The normalized spacial score (nSPS) is 14.3. The quantitative estimate of drug-likeness (QED) is 0.483. The summed E-state index contributed by atoms with van der Waals surface area (Å²) in [5, 5.41) is 14.8. The molecule has 0 aliphatic rings. The van der Waals surface area contributed by atoms with Crippen LogP contribution in [0.3, 0.4) is 0 Å². The highest BCUT2D eigenvalue weighted by molar-refractivity contribution is 5.92. The van der Waals surface area contributed by atoms with Gasteiger partial charge in [-0.05, 0) is 24.8 Å². The zero-order valence-electron chi connectivity index (χ0n) is 15.6. The van der Waals surface area contributed by atoms with Crippen molar-refractivity contribution in [1.29, 1.82) is 0 Å². The van der Waals surface area contributed by atoms with Crippen LogP contribution in [0.1, 0.15) is 39.2 Å². The number of primary amides is 1. The van der Waals surface area contributed by atoms with Gasteiger partial charge in [0.25, 0.3) is 0 Å². The molecule has 0 saturated heterocycles. The lowest BCUT2D eigenvalue weighted by Gasteiger charge is -2.23. The fourth-order valence-corrected chi connectivity index (χ4v) is 2.43. The maximum atomic E-state index is 12.6. The maximum absolute atomic E-state index is 12.6. The summed E-state index contributed by atoms with van der Waals surface area (Å²) in [6.45, 7) is 5.40. The Morgan fingerprint density at radius 1 is 1.08 bits per heavy atom. The van der Waals surface area contributed by atoms with E-state index in [9.17, 15) is 19.5 Å². The van der Waals surface area contributed by atoms with Crippen LogP contribution in [-0.2, 0) is 20.8 Å². The third-order valence-electron chi connectivity index (χ3n) is 3.97. The summed E-state index contributed by atoms with van der Waals surface area (Å²) < 4.78 is 0. The molecule has 0 radical (unpaired) electrons. The van der Waals surface area contributed by atoms with Crippen LogP contribution in [0.15, 0.2) is 30.3 Å². The van der Waals surface area contributed by atoms with E-state index >= 15 is 0 Å². The van der Waals surface area contributed by atoms with Gasteiger partial charge < -0.3 is 21.5 Å². The lowest BCUT2D eigenvalue weighted by Crippen LogP contribution is -2.56. The molecule has 0 bridgehead atoms. The SMILES string of the molecule is CC(C)CCC(=O)N[C@H](Cc1ccccc1)C(=O)N[C@@H](C(N)=O)C(C)O. The van der Waals surface area contributed by atoms with Crippen LogP contribution in [0, 0.1) is 5.92 Å². The molecule has 1 unspecified atom stereocenters. The Bertz CT molecular complexity index is 602. The van der Waals surface area contributed by atoms with Crippen LogP contribution in [0.25, 0.3) is 0 Å². The fraction of sp³-hybridized carbons (Fsp3) is 0.526. The van der Waals surface area contributed by atoms with Gasteiger partial charge in [-0.15, -0.1) is 0 Å². The second kappa shape index (κ2) is 10.6. The van der Waals surface area contributed by atoms with Crippen molar-refractivity contribution < 1.29 is 19.5 Å². The molecular weight excluding hydrogens is 334 g/mol. The molecule has 5 N–H and O–H groups in total. The molecule has 7 heteroatoms. The molecule has 0 fully saturated rings. The molecule has 3 atom stereocenters. The molecule has 1 rings (SSSR count). The van der Waals surface area contributed by atoms with Crippen molar-refractivity contribution >= 4 is 17.7 Å². The molecule has 26 heavy (non-hydrogen) atoms. The van der Waals surface area contributed by atoms with Crippen LogP contribution >= 0.6 is 0 Å². The highest BCUT2D eigenvalue weighted by atomic mass is 16.3. The van der Waals surface area contributed by atoms with Gasteiger partial charge in [-0.25, -0.2) is 0 Å². The predicted molar refractivity (Wildman–Crippen MR) is 99.0 cm³/mol. The topological polar surface area (TPSA) is 122 Å². The highest BCUT2D eigenvalue weighted by Crippen LogP contribution is 2.07. The van der Waals surface area contributed by atoms with Crippen LogP contribution in [0.4, 0.5) is 0 Å². The Kier molecular flexibility index (Phi) is 8.78. The number of nitrogens with one attached hydrogen (secondary N) is 2. The highest BCUT2D eigenvalue weighted by Gasteiger charge is 2.28. The van der Waals surface area contributed by atoms with Crippen molar-refractivity contribution in [3.8, 4) is 0 Å². The van der Waals surface area contributed by atoms with E-state index in [4.69, 9.17) is 5.73 Å². The third kappa shape index (κ3) is 7.65. The summed E-state index contributed by atoms with van der Waals surface area (Å²) in [4.78, 5) is 36.2. The van der Waals surface area contributed by atoms with Gasteiger partial charge >= 0.3 is 0 Å². The lowest BCUT2D eigenvalue weighted by molar-refractivity contribution is -0.132. The predicted octanol–water partition coefficient (Wildman–Crippen LogP) is 0.501. The molecule has 0 heterocycles. The van der Waals surface area contributed by atoms with Gasteiger partial charge in [0.15, 0.2) is 0 Å². The molecule has 0 aliphatic heterocycles. The van der Waals surface area contributed by atoms with Gasteiger partial charge in [-0.3, -0.25) is 14.4 Å². The van der Waals surface area contributed by atoms with Gasteiger partial charge in [0.2, 0.25) is 17.7 Å². The third-order valence-corrected chi connectivity index (χ3v) is 3.97. The average Bonchev–Trinajstić information content (AvgIpc) is 2.57. The minimum Gasteiger partial charge on any atom is -0.391 e. The number of aliphatic hydroxyl groups excluding tert-OH is 1. The Balaban J connectivity index is 2.86. The summed E-state index contributed by atoms with van der Waals surface area (Å²) in [6.07, 6.45) is 0.158. The summed E-state index contributed by atoms with van der Waals surface area (Å²) >= 11 is 0. The van der Waals surface area contributed by atoms with Gasteiger partial charge in [-0.1, -0.05) is 44.2 Å². The number of nitrogens with two attached hydrogens (primary N) is 1. The molecule has 0 aliphatic carbocycles. The van der Waals surface area contributed by atoms with Gasteiger partial charge in [-0.2, -0.15) is 0 Å². The minimum absolute atomic E-state index is 0.234. The first-order valence-electron chi connectivity index (χ1n) is 8.81. The molecule has 144 valence electrons. The number of hydrogen-bond donors (Lipinski definition) is 4. The standard InChI is InChI=1S/C19H29N3O4/c1-12(2)9-10-16(24)21-15(11-14-7-5-4-6-8-14)19(26)22-17(13(3)23)18(20)25/h4-8,12-13,15,17,23H,9-11H2,1-3H3,(H2,20,25)(H,21,24)(H,22,26)/t13?,15-,17-/m1/s1. The number of amides is 3. The molecule has 0 aromatic heterocycles. The van der Waals surface area contributed by atoms with E-state index in [1.54, 1.807) is 0 Å². The van der Waals surface area contributed by atoms with Crippen molar-refractivity contribution in [3.63, 3.8) is 0 Å². The Morgan fingerprint density at radius 3 is 2.19 bits per heavy atom. The number of rotatable bonds is 10. The lowest BCUT2D eigenvalue weighted by atomic mass is 10.0. The van der Waals surface area contributed by atoms with Crippen molar-refractivity contribution in [1.82, 2.24) is 10.6 Å². The zero-order valence-corrected chi connectivity index (χ0v) is 15.6. The van der Waals surface area contributed by atoms with Gasteiger partial charge in [0.05, 0.1) is 6.10 Å². The number of benzene rings is 1. The number of carbonyl (C=O) groups excluding carboxylic acids is 3. The second-order valence-electron chi connectivity index (χ2n) is 6.87. The van der Waals surface area contributed by atoms with E-state index < -0.39 is 30.0 Å². The largest absolute Gasteiger partial charge is 0.391 e. The molecule has 3 amide bonds. The second-order valence-corrected chi connectivity index (χ2v) is 6.87. The minimum atomic E-state index is -1.21. The van der Waals surface area contributed by atoms with Crippen molar-refractivity contribution in [3.05, 3.63) is 35.9 Å². The fourth-order valence-electron chi connectivity index (χ4n) is 2.43. The summed E-state index contributed by atoms with van der Waals surface area (Å²) in [7, 11) is 0. The Hall–Kier alpha value is -2.41. The summed E-state index contributed by atoms with van der Waals surface area (Å²) in [6, 6.07) is 7.16. The summed E-state index contributed by atoms with van der Waals surface area (Å²) in [5.74, 6) is -1.26. The van der Waals surface area contributed by atoms with Gasteiger partial charge in [0.1, 0.15) is 12.1 Å². The first-order valence-corrected chi connectivity index (χ1v) is 8.81. The van der Waals surface area contributed by atoms with E-state index in [0.717, 1.165) is 5.56 Å². The first kappa shape index (κ1) is 21.6. The average molecular weight is 363 g/mol. The van der Waals surface area contributed by atoms with Gasteiger partial charge in [0, 0.05) is 12.8 Å². The Morgan fingerprint density at radius 2 is 1.69 bits per heavy atom. The zero-order chi connectivity index (χ0) is 19.7. The van der Waals surface area contributed by atoms with Crippen molar-refractivity contribution in [2.24, 2.45) is 11.7 Å². The van der Waals surface area contributed by atoms with Crippen LogP contribution < -0.4 is 16.4 Å². The molecule has 0 saturated carbocycles. The monoisotopic (exact) mass is 363 g/mol. The number of aliphatic hydroxyl groups is 1. The molecule has 0 spiro atoms. The molecule has 7 nitrogen and oxygen atoms in total. The number of carbonyl (C=O) groups is 3. The summed E-state index contributed by atoms with van der Waals surface area (Å²) in [5.41, 5.74) is 6.09. The van der Waals surface area contributed by atoms with Crippen molar-refractivity contribution in [2.75, 3.05) is 0 Å². The smallest absolute Gasteiger partial charge is 0.243 e. The molecule has 1 aromatic rings. The number of hydrogen-bond acceptors (Lipinski definition) is 4. The van der Waals surface area contributed by atoms with Crippen LogP contribution in [-0.4, -0.2) is 41.0 Å². The van der Waals surface area contributed by atoms with Crippen LogP contribution in [0.5, 0.6) is 0 Å². The first-order chi connectivity index (χ1) is 12.2. The molecule has 1 aromatic carbocycles. The molecular formula is C19H29N3O4. The van der Waals surface area contributed by atoms with Crippen molar-refractivity contribution in [2.45, 2.75) is 58.2 Å². The maximum Gasteiger partial charge on any atom is 0.243 e. The van der Waals surface area contributed by atoms with E-state index in [1.165, 1.54) is 6.92 Å². The Labute approximate surface area is 154 Å². The van der Waals surface area contributed by atoms with E-state index in [0.29, 0.717) is 18.8 Å². The van der Waals surface area contributed by atoms with E-state index in [-0.39, 0.29) is 12.3 Å². The van der Waals surface area contributed by atoms with E-state index in [2.05, 4.69) is 10.6 Å². The van der Waals surface area contributed by atoms with Crippen LogP contribution in [0.2, 0.25) is 0 Å².